The summed E-state index contributed by atoms with van der Waals surface area (Å²) in [6.45, 7) is 2.09. The van der Waals surface area contributed by atoms with Crippen molar-refractivity contribution in [1.82, 2.24) is 15.1 Å². The first-order chi connectivity index (χ1) is 10.2. The van der Waals surface area contributed by atoms with Crippen molar-refractivity contribution < 1.29 is 0 Å². The Hall–Kier alpha value is -1.32. The topological polar surface area (TPSA) is 29.9 Å². The molecule has 1 N–H and O–H groups in total. The second-order valence-electron chi connectivity index (χ2n) is 5.79. The standard InChI is InChI=1S/C17H22ClN3/c1-4-14-17(18)16(21(3)20-14)10-15(19-2)13-9-11-7-5-6-8-12(11)13/h5-8,13,15,19H,4,9-10H2,1-3H3. The second kappa shape index (κ2) is 5.82. The Morgan fingerprint density at radius 3 is 2.81 bits per heavy atom. The number of nitrogens with zero attached hydrogens (tertiary/aromatic N) is 2. The van der Waals surface area contributed by atoms with E-state index in [1.807, 2.05) is 18.8 Å². The van der Waals surface area contributed by atoms with E-state index in [9.17, 15) is 0 Å². The van der Waals surface area contributed by atoms with Gasteiger partial charge in [0, 0.05) is 25.4 Å². The zero-order valence-corrected chi connectivity index (χ0v) is 13.6. The summed E-state index contributed by atoms with van der Waals surface area (Å²) in [5.74, 6) is 0.572. The normalized spacial score (nSPS) is 18.2. The van der Waals surface area contributed by atoms with Crippen LogP contribution in [0.5, 0.6) is 0 Å². The molecular weight excluding hydrogens is 282 g/mol. The van der Waals surface area contributed by atoms with Gasteiger partial charge in [0.15, 0.2) is 0 Å². The van der Waals surface area contributed by atoms with Crippen molar-refractivity contribution in [2.45, 2.75) is 38.1 Å². The smallest absolute Gasteiger partial charge is 0.0850 e. The molecule has 1 aromatic carbocycles. The number of benzene rings is 1. The highest BCUT2D eigenvalue weighted by atomic mass is 35.5. The van der Waals surface area contributed by atoms with Gasteiger partial charge in [-0.2, -0.15) is 5.10 Å². The molecule has 1 heterocycles. The molecule has 0 radical (unpaired) electrons. The first-order valence-electron chi connectivity index (χ1n) is 7.61. The zero-order chi connectivity index (χ0) is 15.0. The van der Waals surface area contributed by atoms with Gasteiger partial charge in [-0.05, 0) is 31.0 Å². The molecule has 0 bridgehead atoms. The van der Waals surface area contributed by atoms with Crippen LogP contribution in [0.3, 0.4) is 0 Å². The third-order valence-corrected chi connectivity index (χ3v) is 5.10. The van der Waals surface area contributed by atoms with Crippen LogP contribution in [-0.2, 0) is 26.3 Å². The number of hydrogen-bond acceptors (Lipinski definition) is 2. The lowest BCUT2D eigenvalue weighted by Gasteiger charge is -2.36. The van der Waals surface area contributed by atoms with E-state index >= 15 is 0 Å². The van der Waals surface area contributed by atoms with Gasteiger partial charge in [-0.3, -0.25) is 4.68 Å². The van der Waals surface area contributed by atoms with Gasteiger partial charge in [-0.15, -0.1) is 0 Å². The Labute approximate surface area is 131 Å². The number of aromatic nitrogens is 2. The molecule has 3 nitrogen and oxygen atoms in total. The molecule has 0 spiro atoms. The lowest BCUT2D eigenvalue weighted by atomic mass is 9.72. The van der Waals surface area contributed by atoms with Crippen LogP contribution >= 0.6 is 11.6 Å². The minimum atomic E-state index is 0.400. The van der Waals surface area contributed by atoms with Crippen molar-refractivity contribution in [3.8, 4) is 0 Å². The Kier molecular flexibility index (Phi) is 4.05. The summed E-state index contributed by atoms with van der Waals surface area (Å²) in [7, 11) is 4.03. The second-order valence-corrected chi connectivity index (χ2v) is 6.17. The van der Waals surface area contributed by atoms with Gasteiger partial charge in [0.05, 0.1) is 16.4 Å². The zero-order valence-electron chi connectivity index (χ0n) is 12.9. The lowest BCUT2D eigenvalue weighted by molar-refractivity contribution is 0.414. The largest absolute Gasteiger partial charge is 0.316 e. The Balaban J connectivity index is 1.82. The summed E-state index contributed by atoms with van der Waals surface area (Å²) in [5, 5.41) is 8.84. The first-order valence-corrected chi connectivity index (χ1v) is 7.98. The Morgan fingerprint density at radius 1 is 1.43 bits per heavy atom. The van der Waals surface area contributed by atoms with Crippen LogP contribution in [0.4, 0.5) is 0 Å². The van der Waals surface area contributed by atoms with E-state index in [2.05, 4.69) is 41.6 Å². The van der Waals surface area contributed by atoms with Crippen LogP contribution < -0.4 is 5.32 Å². The summed E-state index contributed by atoms with van der Waals surface area (Å²) >= 11 is 6.49. The molecule has 0 saturated carbocycles. The number of aryl methyl sites for hydroxylation is 2. The highest BCUT2D eigenvalue weighted by Crippen LogP contribution is 2.38. The molecule has 112 valence electrons. The number of hydrogen-bond donors (Lipinski definition) is 1. The summed E-state index contributed by atoms with van der Waals surface area (Å²) < 4.78 is 1.94. The third kappa shape index (κ3) is 2.49. The van der Waals surface area contributed by atoms with E-state index in [4.69, 9.17) is 11.6 Å². The molecule has 21 heavy (non-hydrogen) atoms. The first kappa shape index (κ1) is 14.6. The number of nitrogens with one attached hydrogen (secondary N) is 1. The molecule has 1 aliphatic carbocycles. The summed E-state index contributed by atoms with van der Waals surface area (Å²) in [4.78, 5) is 0. The molecule has 2 atom stereocenters. The van der Waals surface area contributed by atoms with E-state index in [0.717, 1.165) is 35.7 Å². The van der Waals surface area contributed by atoms with Crippen LogP contribution in [0.2, 0.25) is 5.02 Å². The van der Waals surface area contributed by atoms with E-state index in [0.29, 0.717) is 12.0 Å². The fourth-order valence-corrected chi connectivity index (χ4v) is 3.72. The molecule has 0 aliphatic heterocycles. The van der Waals surface area contributed by atoms with Crippen molar-refractivity contribution in [2.24, 2.45) is 7.05 Å². The van der Waals surface area contributed by atoms with E-state index in [1.165, 1.54) is 11.1 Å². The molecule has 0 saturated heterocycles. The van der Waals surface area contributed by atoms with Gasteiger partial charge in [-0.25, -0.2) is 0 Å². The van der Waals surface area contributed by atoms with Crippen LogP contribution in [0.1, 0.15) is 35.4 Å². The molecular formula is C17H22ClN3. The number of fused-ring (bicyclic) bond motifs is 1. The molecule has 2 aromatic rings. The van der Waals surface area contributed by atoms with Crippen LogP contribution in [0, 0.1) is 0 Å². The van der Waals surface area contributed by atoms with E-state index < -0.39 is 0 Å². The molecule has 1 aromatic heterocycles. The van der Waals surface area contributed by atoms with Crippen molar-refractivity contribution in [3.63, 3.8) is 0 Å². The van der Waals surface area contributed by atoms with Crippen molar-refractivity contribution in [3.05, 3.63) is 51.8 Å². The fourth-order valence-electron chi connectivity index (χ4n) is 3.35. The average molecular weight is 304 g/mol. The van der Waals surface area contributed by atoms with Crippen molar-refractivity contribution >= 4 is 11.6 Å². The van der Waals surface area contributed by atoms with Gasteiger partial charge >= 0.3 is 0 Å². The molecule has 3 rings (SSSR count). The Bertz CT molecular complexity index is 647. The average Bonchev–Trinajstić information content (AvgIpc) is 2.74. The summed E-state index contributed by atoms with van der Waals surface area (Å²) in [5.41, 5.74) is 5.09. The maximum Gasteiger partial charge on any atom is 0.0850 e. The quantitative estimate of drug-likeness (QED) is 0.920. The molecule has 0 fully saturated rings. The number of halogens is 1. The van der Waals surface area contributed by atoms with Gasteiger partial charge in [-0.1, -0.05) is 42.8 Å². The number of likely N-dealkylation sites (N-methyl/N-ethyl adjacent to an activating group) is 1. The fraction of sp³-hybridized carbons (Fsp3) is 0.471. The van der Waals surface area contributed by atoms with E-state index in [-0.39, 0.29) is 0 Å². The minimum Gasteiger partial charge on any atom is -0.316 e. The van der Waals surface area contributed by atoms with Crippen molar-refractivity contribution in [1.29, 1.82) is 0 Å². The molecule has 2 unspecified atom stereocenters. The highest BCUT2D eigenvalue weighted by molar-refractivity contribution is 6.31. The maximum atomic E-state index is 6.49. The SMILES string of the molecule is CCc1nn(C)c(CC(NC)C2Cc3ccccc32)c1Cl. The summed E-state index contributed by atoms with van der Waals surface area (Å²) in [6.07, 6.45) is 2.94. The molecule has 4 heteroatoms. The van der Waals surface area contributed by atoms with Gasteiger partial charge in [0.25, 0.3) is 0 Å². The predicted molar refractivity (Wildman–Crippen MR) is 87.0 cm³/mol. The lowest BCUT2D eigenvalue weighted by Crippen LogP contribution is -2.40. The predicted octanol–water partition coefficient (Wildman–Crippen LogP) is 3.11. The maximum absolute atomic E-state index is 6.49. The molecule has 1 aliphatic rings. The van der Waals surface area contributed by atoms with Crippen molar-refractivity contribution in [2.75, 3.05) is 7.05 Å². The van der Waals surface area contributed by atoms with Gasteiger partial charge in [0.1, 0.15) is 0 Å². The van der Waals surface area contributed by atoms with Crippen LogP contribution in [0.15, 0.2) is 24.3 Å². The van der Waals surface area contributed by atoms with Crippen LogP contribution in [0.25, 0.3) is 0 Å². The highest BCUT2D eigenvalue weighted by Gasteiger charge is 2.33. The van der Waals surface area contributed by atoms with Gasteiger partial charge < -0.3 is 5.32 Å². The monoisotopic (exact) mass is 303 g/mol. The third-order valence-electron chi connectivity index (χ3n) is 4.67. The molecule has 0 amide bonds. The van der Waals surface area contributed by atoms with E-state index in [1.54, 1.807) is 0 Å². The summed E-state index contributed by atoms with van der Waals surface area (Å²) in [6, 6.07) is 9.12. The van der Waals surface area contributed by atoms with Crippen LogP contribution in [-0.4, -0.2) is 22.9 Å². The van der Waals surface area contributed by atoms with Gasteiger partial charge in [0.2, 0.25) is 0 Å². The number of rotatable bonds is 5. The minimum absolute atomic E-state index is 0.400. The Morgan fingerprint density at radius 2 is 2.19 bits per heavy atom.